The molecule has 0 atom stereocenters. The van der Waals surface area contributed by atoms with E-state index in [4.69, 9.17) is 0 Å². The Kier molecular flexibility index (Phi) is 8.78. The van der Waals surface area contributed by atoms with Crippen molar-refractivity contribution in [3.63, 3.8) is 0 Å². The lowest BCUT2D eigenvalue weighted by molar-refractivity contribution is 0.0953. The summed E-state index contributed by atoms with van der Waals surface area (Å²) in [5.41, 5.74) is 1.36. The smallest absolute Gasteiger partial charge is 0.251 e. The number of rotatable bonds is 9. The summed E-state index contributed by atoms with van der Waals surface area (Å²) in [6, 6.07) is 12.8. The first-order valence-corrected chi connectivity index (χ1v) is 9.42. The molecule has 28 heavy (non-hydrogen) atoms. The second-order valence-corrected chi connectivity index (χ2v) is 6.23. The maximum Gasteiger partial charge on any atom is 0.251 e. The topological polar surface area (TPSA) is 85.8 Å². The van der Waals surface area contributed by atoms with E-state index in [1.54, 1.807) is 18.2 Å². The Morgan fingerprint density at radius 3 is 2.64 bits per heavy atom. The average Bonchev–Trinajstić information content (AvgIpc) is 2.67. The number of guanidine groups is 1. The average molecular weight is 386 g/mol. The van der Waals surface area contributed by atoms with E-state index < -0.39 is 0 Å². The summed E-state index contributed by atoms with van der Waals surface area (Å²) in [6.45, 7) is 4.40. The second-order valence-electron chi connectivity index (χ2n) is 6.23. The van der Waals surface area contributed by atoms with Gasteiger partial charge in [0.25, 0.3) is 5.91 Å². The Morgan fingerprint density at radius 2 is 1.89 bits per heavy atom. The lowest BCUT2D eigenvalue weighted by atomic mass is 10.1. The van der Waals surface area contributed by atoms with Crippen molar-refractivity contribution < 1.29 is 14.3 Å². The molecule has 7 heteroatoms. The number of hydrogen-bond donors (Lipinski definition) is 4. The standard InChI is InChI=1S/C21H27FN4O2/c1-2-23-21(26-13-10-16-6-3-8-18(22)14-16)25-12-5-11-24-20(28)17-7-4-9-19(27)15-17/h3-4,6-9,14-15,27H,2,5,10-13H2,1H3,(H,24,28)(H2,23,25,26). The molecule has 0 unspecified atom stereocenters. The molecule has 0 aliphatic heterocycles. The second kappa shape index (κ2) is 11.6. The zero-order chi connectivity index (χ0) is 20.2. The summed E-state index contributed by atoms with van der Waals surface area (Å²) in [5, 5.41) is 18.6. The number of benzene rings is 2. The van der Waals surface area contributed by atoms with Crippen LogP contribution in [-0.4, -0.2) is 43.2 Å². The molecule has 1 amide bonds. The number of nitrogens with one attached hydrogen (secondary N) is 3. The monoisotopic (exact) mass is 386 g/mol. The molecule has 0 bridgehead atoms. The lowest BCUT2D eigenvalue weighted by Crippen LogP contribution is -2.38. The molecule has 6 nitrogen and oxygen atoms in total. The van der Waals surface area contributed by atoms with Crippen LogP contribution in [0.5, 0.6) is 5.75 Å². The van der Waals surface area contributed by atoms with Crippen LogP contribution < -0.4 is 16.0 Å². The third kappa shape index (κ3) is 7.65. The van der Waals surface area contributed by atoms with Gasteiger partial charge in [0.05, 0.1) is 0 Å². The number of carbonyl (C=O) groups excluding carboxylic acids is 1. The third-order valence-corrected chi connectivity index (χ3v) is 3.94. The van der Waals surface area contributed by atoms with Gasteiger partial charge in [-0.3, -0.25) is 9.79 Å². The van der Waals surface area contributed by atoms with Gasteiger partial charge in [-0.15, -0.1) is 0 Å². The zero-order valence-electron chi connectivity index (χ0n) is 16.0. The van der Waals surface area contributed by atoms with Crippen molar-refractivity contribution in [2.75, 3.05) is 26.2 Å². The van der Waals surface area contributed by atoms with Crippen LogP contribution in [0.2, 0.25) is 0 Å². The van der Waals surface area contributed by atoms with Crippen LogP contribution in [0, 0.1) is 5.82 Å². The highest BCUT2D eigenvalue weighted by molar-refractivity contribution is 5.94. The van der Waals surface area contributed by atoms with Crippen LogP contribution in [0.1, 0.15) is 29.3 Å². The van der Waals surface area contributed by atoms with E-state index in [2.05, 4.69) is 20.9 Å². The molecule has 0 fully saturated rings. The predicted octanol–water partition coefficient (Wildman–Crippen LogP) is 2.45. The van der Waals surface area contributed by atoms with Crippen LogP contribution in [-0.2, 0) is 6.42 Å². The Balaban J connectivity index is 1.70. The fraction of sp³-hybridized carbons (Fsp3) is 0.333. The van der Waals surface area contributed by atoms with Crippen LogP contribution >= 0.6 is 0 Å². The molecule has 0 aromatic heterocycles. The summed E-state index contributed by atoms with van der Waals surface area (Å²) in [6.07, 6.45) is 1.38. The number of hydrogen-bond acceptors (Lipinski definition) is 3. The van der Waals surface area contributed by atoms with Gasteiger partial charge in [-0.25, -0.2) is 4.39 Å². The molecule has 0 aliphatic carbocycles. The van der Waals surface area contributed by atoms with Crippen LogP contribution in [0.15, 0.2) is 53.5 Å². The number of nitrogens with zero attached hydrogens (tertiary/aromatic N) is 1. The Bertz CT molecular complexity index is 795. The molecule has 0 heterocycles. The Hall–Kier alpha value is -3.09. The van der Waals surface area contributed by atoms with Gasteiger partial charge in [0, 0.05) is 31.7 Å². The minimum absolute atomic E-state index is 0.0665. The quantitative estimate of drug-likeness (QED) is 0.303. The van der Waals surface area contributed by atoms with Crippen molar-refractivity contribution in [1.29, 1.82) is 0 Å². The molecular formula is C21H27FN4O2. The van der Waals surface area contributed by atoms with Crippen molar-refractivity contribution in [3.8, 4) is 5.75 Å². The highest BCUT2D eigenvalue weighted by Crippen LogP contribution is 2.10. The first kappa shape index (κ1) is 21.2. The summed E-state index contributed by atoms with van der Waals surface area (Å²) in [5.74, 6) is 0.306. The van der Waals surface area contributed by atoms with Crippen LogP contribution in [0.4, 0.5) is 4.39 Å². The van der Waals surface area contributed by atoms with E-state index >= 15 is 0 Å². The molecule has 2 aromatic rings. The maximum atomic E-state index is 13.2. The molecule has 2 aromatic carbocycles. The van der Waals surface area contributed by atoms with E-state index in [9.17, 15) is 14.3 Å². The van der Waals surface area contributed by atoms with Gasteiger partial charge in [0.2, 0.25) is 0 Å². The molecule has 0 saturated carbocycles. The van der Waals surface area contributed by atoms with Crippen molar-refractivity contribution in [2.45, 2.75) is 19.8 Å². The van der Waals surface area contributed by atoms with Gasteiger partial charge >= 0.3 is 0 Å². The summed E-state index contributed by atoms with van der Waals surface area (Å²) < 4.78 is 13.2. The third-order valence-electron chi connectivity index (χ3n) is 3.94. The first-order valence-electron chi connectivity index (χ1n) is 9.42. The van der Waals surface area contributed by atoms with E-state index in [0.717, 1.165) is 12.1 Å². The number of halogens is 1. The van der Waals surface area contributed by atoms with Crippen molar-refractivity contribution >= 4 is 11.9 Å². The minimum atomic E-state index is -0.231. The molecule has 0 aliphatic rings. The first-order chi connectivity index (χ1) is 13.6. The Morgan fingerprint density at radius 1 is 1.07 bits per heavy atom. The maximum absolute atomic E-state index is 13.2. The van der Waals surface area contributed by atoms with Crippen LogP contribution in [0.25, 0.3) is 0 Å². The largest absolute Gasteiger partial charge is 0.508 e. The molecule has 0 radical (unpaired) electrons. The number of aromatic hydroxyl groups is 1. The van der Waals surface area contributed by atoms with E-state index in [1.165, 1.54) is 24.3 Å². The fourth-order valence-corrected chi connectivity index (χ4v) is 2.58. The van der Waals surface area contributed by atoms with E-state index in [1.807, 2.05) is 13.0 Å². The number of aliphatic imine (C=N–C) groups is 1. The van der Waals surface area contributed by atoms with E-state index in [0.29, 0.717) is 44.0 Å². The summed E-state index contributed by atoms with van der Waals surface area (Å²) >= 11 is 0. The number of phenolic OH excluding ortho intramolecular Hbond substituents is 1. The SMILES string of the molecule is CCNC(=NCCCNC(=O)c1cccc(O)c1)NCCc1cccc(F)c1. The molecule has 0 saturated heterocycles. The Labute approximate surface area is 164 Å². The normalized spacial score (nSPS) is 11.1. The van der Waals surface area contributed by atoms with Crippen molar-refractivity contribution in [2.24, 2.45) is 4.99 Å². The summed E-state index contributed by atoms with van der Waals surface area (Å²) in [4.78, 5) is 16.5. The lowest BCUT2D eigenvalue weighted by Gasteiger charge is -2.11. The predicted molar refractivity (Wildman–Crippen MR) is 109 cm³/mol. The minimum Gasteiger partial charge on any atom is -0.508 e. The van der Waals surface area contributed by atoms with Gasteiger partial charge in [-0.1, -0.05) is 18.2 Å². The van der Waals surface area contributed by atoms with Gasteiger partial charge in [0.15, 0.2) is 5.96 Å². The molecule has 2 rings (SSSR count). The van der Waals surface area contributed by atoms with E-state index in [-0.39, 0.29) is 17.5 Å². The highest BCUT2D eigenvalue weighted by Gasteiger charge is 2.05. The van der Waals surface area contributed by atoms with Crippen LogP contribution in [0.3, 0.4) is 0 Å². The fourth-order valence-electron chi connectivity index (χ4n) is 2.58. The zero-order valence-corrected chi connectivity index (χ0v) is 16.0. The van der Waals surface area contributed by atoms with Crippen molar-refractivity contribution in [3.05, 3.63) is 65.5 Å². The van der Waals surface area contributed by atoms with Crippen molar-refractivity contribution in [1.82, 2.24) is 16.0 Å². The molecular weight excluding hydrogens is 359 g/mol. The number of amides is 1. The van der Waals surface area contributed by atoms with Gasteiger partial charge in [0.1, 0.15) is 11.6 Å². The number of phenols is 1. The number of carbonyl (C=O) groups is 1. The van der Waals surface area contributed by atoms with Gasteiger partial charge < -0.3 is 21.1 Å². The van der Waals surface area contributed by atoms with Gasteiger partial charge in [-0.2, -0.15) is 0 Å². The highest BCUT2D eigenvalue weighted by atomic mass is 19.1. The van der Waals surface area contributed by atoms with Gasteiger partial charge in [-0.05, 0) is 55.7 Å². The molecule has 0 spiro atoms. The molecule has 150 valence electrons. The summed E-state index contributed by atoms with van der Waals surface area (Å²) in [7, 11) is 0. The molecule has 4 N–H and O–H groups in total.